The number of hydrogen-bond donors (Lipinski definition) is 0. The van der Waals surface area contributed by atoms with Gasteiger partial charge in [0.25, 0.3) is 0 Å². The van der Waals surface area contributed by atoms with Crippen molar-refractivity contribution in [3.05, 3.63) is 112 Å². The van der Waals surface area contributed by atoms with Crippen LogP contribution in [0.15, 0.2) is 84.3 Å². The van der Waals surface area contributed by atoms with Crippen molar-refractivity contribution in [3.8, 4) is 0 Å². The average molecular weight is 359 g/mol. The first-order chi connectivity index (χ1) is 12.6. The van der Waals surface area contributed by atoms with Gasteiger partial charge >= 0.3 is 0 Å². The van der Waals surface area contributed by atoms with Gasteiger partial charge in [-0.3, -0.25) is 4.79 Å². The van der Waals surface area contributed by atoms with Gasteiger partial charge in [-0.1, -0.05) is 90.0 Å². The Kier molecular flexibility index (Phi) is 6.08. The maximum absolute atomic E-state index is 12.3. The van der Waals surface area contributed by atoms with Crippen molar-refractivity contribution in [1.82, 2.24) is 0 Å². The predicted octanol–water partition coefficient (Wildman–Crippen LogP) is 6.31. The lowest BCUT2D eigenvalue weighted by molar-refractivity contribution is 0.102. The summed E-state index contributed by atoms with van der Waals surface area (Å²) in [6.07, 6.45) is 0. The first kappa shape index (κ1) is 18.2. The quantitative estimate of drug-likeness (QED) is 0.480. The Bertz CT molecular complexity index is 844. The molecule has 0 aliphatic rings. The zero-order valence-electron chi connectivity index (χ0n) is 15.1. The first-order valence-electron chi connectivity index (χ1n) is 8.67. The molecule has 0 heterocycles. The molecule has 3 aromatic rings. The second-order valence-corrected chi connectivity index (χ2v) is 7.22. The normalized spacial score (nSPS) is 10.4. The number of rotatable bonds is 6. The molecule has 0 spiro atoms. The third-order valence-corrected chi connectivity index (χ3v) is 5.07. The molecule has 0 aliphatic heterocycles. The van der Waals surface area contributed by atoms with Gasteiger partial charge < -0.3 is 0 Å². The average Bonchev–Trinajstić information content (AvgIpc) is 2.68. The van der Waals surface area contributed by atoms with E-state index in [4.69, 9.17) is 0 Å². The minimum absolute atomic E-state index is 0.152. The summed E-state index contributed by atoms with van der Waals surface area (Å²) in [7, 11) is 0. The molecule has 1 nitrogen and oxygen atoms in total. The van der Waals surface area contributed by atoms with E-state index < -0.39 is 0 Å². The lowest BCUT2D eigenvalue weighted by Gasteiger charge is -2.10. The third-order valence-electron chi connectivity index (χ3n) is 4.24. The number of hydrogen-bond acceptors (Lipinski definition) is 2. The molecule has 0 saturated carbocycles. The highest BCUT2D eigenvalue weighted by molar-refractivity contribution is 8.03. The molecular formula is C24H22OS. The van der Waals surface area contributed by atoms with Gasteiger partial charge in [0.2, 0.25) is 0 Å². The van der Waals surface area contributed by atoms with E-state index in [0.717, 1.165) is 11.1 Å². The van der Waals surface area contributed by atoms with E-state index in [9.17, 15) is 4.79 Å². The third kappa shape index (κ3) is 4.74. The van der Waals surface area contributed by atoms with Crippen molar-refractivity contribution in [3.63, 3.8) is 0 Å². The molecular weight excluding hydrogens is 336 g/mol. The Morgan fingerprint density at radius 1 is 0.731 bits per heavy atom. The fourth-order valence-electron chi connectivity index (χ4n) is 2.68. The largest absolute Gasteiger partial charge is 0.293 e. The molecule has 0 amide bonds. The smallest absolute Gasteiger partial charge is 0.173 e. The van der Waals surface area contributed by atoms with Crippen LogP contribution in [0.1, 0.15) is 32.6 Å². The van der Waals surface area contributed by atoms with E-state index in [1.165, 1.54) is 22.3 Å². The molecule has 0 N–H and O–H groups in total. The summed E-state index contributed by atoms with van der Waals surface area (Å²) in [4.78, 5) is 12.3. The predicted molar refractivity (Wildman–Crippen MR) is 113 cm³/mol. The Labute approximate surface area is 159 Å². The minimum atomic E-state index is 0.152. The van der Waals surface area contributed by atoms with E-state index in [2.05, 4.69) is 67.8 Å². The van der Waals surface area contributed by atoms with Crippen LogP contribution in [0.4, 0.5) is 0 Å². The fourth-order valence-corrected chi connectivity index (χ4v) is 3.52. The van der Waals surface area contributed by atoms with E-state index in [-0.39, 0.29) is 5.78 Å². The van der Waals surface area contributed by atoms with Gasteiger partial charge in [0, 0.05) is 5.56 Å². The highest BCUT2D eigenvalue weighted by Crippen LogP contribution is 2.27. The number of aryl methyl sites for hydroxylation is 2. The maximum atomic E-state index is 12.3. The van der Waals surface area contributed by atoms with E-state index in [1.54, 1.807) is 11.8 Å². The van der Waals surface area contributed by atoms with Crippen molar-refractivity contribution < 1.29 is 4.79 Å². The molecule has 0 unspecified atom stereocenters. The number of Topliss-reactive ketones (excluding diaryl/α,β-unsaturated/α-hetero) is 1. The van der Waals surface area contributed by atoms with Crippen LogP contribution in [0.5, 0.6) is 0 Å². The molecule has 26 heavy (non-hydrogen) atoms. The maximum Gasteiger partial charge on any atom is 0.173 e. The summed E-state index contributed by atoms with van der Waals surface area (Å²) in [6, 6.07) is 26.5. The minimum Gasteiger partial charge on any atom is -0.293 e. The molecule has 3 aromatic carbocycles. The van der Waals surface area contributed by atoms with Crippen molar-refractivity contribution in [1.29, 1.82) is 0 Å². The molecule has 0 radical (unpaired) electrons. The lowest BCUT2D eigenvalue weighted by Crippen LogP contribution is -2.01. The number of benzene rings is 3. The van der Waals surface area contributed by atoms with Gasteiger partial charge in [-0.2, -0.15) is 0 Å². The summed E-state index contributed by atoms with van der Waals surface area (Å²) in [5.41, 5.74) is 6.72. The van der Waals surface area contributed by atoms with Crippen molar-refractivity contribution in [2.75, 3.05) is 5.75 Å². The number of ketones is 1. The Hall–Kier alpha value is -2.58. The Morgan fingerprint density at radius 2 is 1.23 bits per heavy atom. The van der Waals surface area contributed by atoms with Crippen molar-refractivity contribution in [2.45, 2.75) is 13.8 Å². The fraction of sp³-hybridized carbons (Fsp3) is 0.125. The van der Waals surface area contributed by atoms with Crippen LogP contribution in [0.3, 0.4) is 0 Å². The van der Waals surface area contributed by atoms with Gasteiger partial charge in [0.1, 0.15) is 0 Å². The monoisotopic (exact) mass is 358 g/mol. The number of thioether (sulfide) groups is 1. The Balaban J connectivity index is 1.83. The van der Waals surface area contributed by atoms with E-state index in [1.807, 2.05) is 30.3 Å². The molecule has 2 heteroatoms. The molecule has 0 bridgehead atoms. The molecule has 0 fully saturated rings. The van der Waals surface area contributed by atoms with Gasteiger partial charge in [-0.05, 0) is 36.0 Å². The van der Waals surface area contributed by atoms with Gasteiger partial charge in [-0.25, -0.2) is 0 Å². The van der Waals surface area contributed by atoms with Gasteiger partial charge in [0.15, 0.2) is 5.78 Å². The molecule has 0 aliphatic carbocycles. The van der Waals surface area contributed by atoms with Gasteiger partial charge in [-0.15, -0.1) is 11.8 Å². The summed E-state index contributed by atoms with van der Waals surface area (Å²) in [6.45, 7) is 4.18. The molecule has 0 atom stereocenters. The second kappa shape index (κ2) is 8.68. The van der Waals surface area contributed by atoms with Crippen LogP contribution in [-0.2, 0) is 0 Å². The van der Waals surface area contributed by atoms with Crippen molar-refractivity contribution in [2.24, 2.45) is 0 Å². The highest BCUT2D eigenvalue weighted by Gasteiger charge is 2.08. The number of carbonyl (C=O) groups excluding carboxylic acids is 1. The van der Waals surface area contributed by atoms with Crippen LogP contribution in [0.2, 0.25) is 0 Å². The molecule has 0 saturated heterocycles. The lowest BCUT2D eigenvalue weighted by atomic mass is 9.98. The zero-order chi connectivity index (χ0) is 18.4. The van der Waals surface area contributed by atoms with Crippen LogP contribution in [0, 0.1) is 13.8 Å². The van der Waals surface area contributed by atoms with E-state index >= 15 is 0 Å². The van der Waals surface area contributed by atoms with Crippen LogP contribution >= 0.6 is 11.8 Å². The topological polar surface area (TPSA) is 17.1 Å². The second-order valence-electron chi connectivity index (χ2n) is 6.36. The van der Waals surface area contributed by atoms with Crippen LogP contribution in [0.25, 0.3) is 5.57 Å². The first-order valence-corrected chi connectivity index (χ1v) is 9.72. The molecule has 0 aromatic heterocycles. The van der Waals surface area contributed by atoms with Crippen LogP contribution in [-0.4, -0.2) is 11.5 Å². The summed E-state index contributed by atoms with van der Waals surface area (Å²) < 4.78 is 0. The summed E-state index contributed by atoms with van der Waals surface area (Å²) >= 11 is 1.55. The number of carbonyl (C=O) groups is 1. The van der Waals surface area contributed by atoms with Gasteiger partial charge in [0.05, 0.1) is 5.75 Å². The van der Waals surface area contributed by atoms with Crippen LogP contribution < -0.4 is 0 Å². The standard InChI is InChI=1S/C24H22OS/c1-18-8-12-20(13-9-18)23(21-14-10-19(2)11-15-21)16-26-17-24(25)22-6-4-3-5-7-22/h3-16H,17H2,1-2H3. The zero-order valence-corrected chi connectivity index (χ0v) is 15.9. The highest BCUT2D eigenvalue weighted by atomic mass is 32.2. The summed E-state index contributed by atoms with van der Waals surface area (Å²) in [5.74, 6) is 0.588. The Morgan fingerprint density at radius 3 is 1.73 bits per heavy atom. The van der Waals surface area contributed by atoms with Crippen molar-refractivity contribution >= 4 is 23.1 Å². The SMILES string of the molecule is Cc1ccc(C(=CSCC(=O)c2ccccc2)c2ccc(C)cc2)cc1. The summed E-state index contributed by atoms with van der Waals surface area (Å²) in [5, 5.41) is 2.11. The molecule has 130 valence electrons. The molecule has 3 rings (SSSR count). The van der Waals surface area contributed by atoms with E-state index in [0.29, 0.717) is 5.75 Å².